The fourth-order valence-electron chi connectivity index (χ4n) is 3.66. The third-order valence-electron chi connectivity index (χ3n) is 5.45. The Morgan fingerprint density at radius 1 is 0.964 bits per heavy atom. The molecule has 0 N–H and O–H groups in total. The van der Waals surface area contributed by atoms with E-state index in [0.29, 0.717) is 22.6 Å². The first kappa shape index (κ1) is 18.2. The standard InChI is InChI=1S/C20H21Cl2N5O/c21-16-4-1-13(11-17(16)22)12-28-15-7-9-26(10-8-15)19-6-5-18-23-24-20(14-2-3-14)27(18)25-19/h1,4-6,11,14-15H,2-3,7-10,12H2. The lowest BCUT2D eigenvalue weighted by molar-refractivity contribution is 0.0250. The predicted molar refractivity (Wildman–Crippen MR) is 109 cm³/mol. The summed E-state index contributed by atoms with van der Waals surface area (Å²) in [6, 6.07) is 9.69. The van der Waals surface area contributed by atoms with Crippen LogP contribution >= 0.6 is 23.2 Å². The van der Waals surface area contributed by atoms with Gasteiger partial charge in [0.25, 0.3) is 0 Å². The van der Waals surface area contributed by atoms with Crippen molar-refractivity contribution in [3.05, 3.63) is 51.8 Å². The molecule has 0 unspecified atom stereocenters. The molecule has 0 radical (unpaired) electrons. The molecule has 1 aromatic carbocycles. The smallest absolute Gasteiger partial charge is 0.178 e. The molecule has 3 aromatic rings. The maximum absolute atomic E-state index is 6.09. The number of aromatic nitrogens is 4. The first-order valence-electron chi connectivity index (χ1n) is 9.70. The van der Waals surface area contributed by atoms with Crippen LogP contribution in [0.25, 0.3) is 5.65 Å². The largest absolute Gasteiger partial charge is 0.373 e. The Hall–Kier alpha value is -1.89. The lowest BCUT2D eigenvalue weighted by Crippen LogP contribution is -2.37. The van der Waals surface area contributed by atoms with Crippen molar-refractivity contribution in [1.82, 2.24) is 19.8 Å². The van der Waals surface area contributed by atoms with E-state index in [1.165, 1.54) is 12.8 Å². The van der Waals surface area contributed by atoms with Crippen LogP contribution in [0.15, 0.2) is 30.3 Å². The van der Waals surface area contributed by atoms with Gasteiger partial charge in [0.15, 0.2) is 11.5 Å². The molecular formula is C20H21Cl2N5O. The highest BCUT2D eigenvalue weighted by molar-refractivity contribution is 6.42. The highest BCUT2D eigenvalue weighted by Gasteiger charge is 2.29. The summed E-state index contributed by atoms with van der Waals surface area (Å²) < 4.78 is 8.01. The number of fused-ring (bicyclic) bond motifs is 1. The van der Waals surface area contributed by atoms with Gasteiger partial charge in [-0.15, -0.1) is 15.3 Å². The van der Waals surface area contributed by atoms with Crippen LogP contribution in [0.5, 0.6) is 0 Å². The van der Waals surface area contributed by atoms with Crippen LogP contribution in [0.3, 0.4) is 0 Å². The Bertz CT molecular complexity index is 995. The average Bonchev–Trinajstić information content (AvgIpc) is 3.48. The van der Waals surface area contributed by atoms with Crippen LogP contribution in [0.2, 0.25) is 10.0 Å². The van der Waals surface area contributed by atoms with Gasteiger partial charge in [0.1, 0.15) is 5.82 Å². The van der Waals surface area contributed by atoms with Gasteiger partial charge in [-0.1, -0.05) is 29.3 Å². The number of nitrogens with zero attached hydrogens (tertiary/aromatic N) is 5. The fraction of sp³-hybridized carbons (Fsp3) is 0.450. The zero-order valence-corrected chi connectivity index (χ0v) is 16.9. The molecule has 5 rings (SSSR count). The number of piperidine rings is 1. The molecule has 0 amide bonds. The molecule has 1 aliphatic heterocycles. The van der Waals surface area contributed by atoms with Gasteiger partial charge in [-0.3, -0.25) is 0 Å². The average molecular weight is 418 g/mol. The van der Waals surface area contributed by atoms with Crippen LogP contribution in [0.4, 0.5) is 5.82 Å². The molecule has 1 aliphatic carbocycles. The quantitative estimate of drug-likeness (QED) is 0.611. The molecule has 2 aliphatic rings. The van der Waals surface area contributed by atoms with Crippen molar-refractivity contribution >= 4 is 34.7 Å². The predicted octanol–water partition coefficient (Wildman–Crippen LogP) is 4.49. The third kappa shape index (κ3) is 3.69. The van der Waals surface area contributed by atoms with Crippen LogP contribution < -0.4 is 4.90 Å². The number of anilines is 1. The maximum Gasteiger partial charge on any atom is 0.178 e. The van der Waals surface area contributed by atoms with Crippen molar-refractivity contribution in [3.8, 4) is 0 Å². The molecule has 1 saturated carbocycles. The van der Waals surface area contributed by atoms with Crippen LogP contribution in [0.1, 0.15) is 43.0 Å². The minimum atomic E-state index is 0.242. The van der Waals surface area contributed by atoms with Crippen LogP contribution in [-0.4, -0.2) is 39.0 Å². The fourth-order valence-corrected chi connectivity index (χ4v) is 3.98. The molecule has 8 heteroatoms. The van der Waals surface area contributed by atoms with Crippen LogP contribution in [0, 0.1) is 0 Å². The summed E-state index contributed by atoms with van der Waals surface area (Å²) in [5, 5.41) is 14.5. The lowest BCUT2D eigenvalue weighted by Gasteiger charge is -2.32. The Labute approximate surface area is 173 Å². The van der Waals surface area contributed by atoms with E-state index in [4.69, 9.17) is 33.0 Å². The van der Waals surface area contributed by atoms with E-state index in [1.54, 1.807) is 0 Å². The van der Waals surface area contributed by atoms with E-state index >= 15 is 0 Å². The van der Waals surface area contributed by atoms with Gasteiger partial charge >= 0.3 is 0 Å². The van der Waals surface area contributed by atoms with Crippen molar-refractivity contribution in [2.24, 2.45) is 0 Å². The second-order valence-corrected chi connectivity index (χ2v) is 8.35. The highest BCUT2D eigenvalue weighted by atomic mass is 35.5. The van der Waals surface area contributed by atoms with Gasteiger partial charge in [-0.05, 0) is 55.5 Å². The Morgan fingerprint density at radius 3 is 2.54 bits per heavy atom. The van der Waals surface area contributed by atoms with Gasteiger partial charge in [0.05, 0.1) is 22.8 Å². The minimum absolute atomic E-state index is 0.242. The first-order chi connectivity index (χ1) is 13.7. The molecule has 3 heterocycles. The minimum Gasteiger partial charge on any atom is -0.373 e. The van der Waals surface area contributed by atoms with E-state index in [1.807, 2.05) is 34.8 Å². The summed E-state index contributed by atoms with van der Waals surface area (Å²) in [4.78, 5) is 2.31. The molecule has 146 valence electrons. The van der Waals surface area contributed by atoms with Gasteiger partial charge in [0, 0.05) is 19.0 Å². The van der Waals surface area contributed by atoms with E-state index in [0.717, 1.165) is 48.8 Å². The zero-order valence-electron chi connectivity index (χ0n) is 15.4. The second-order valence-electron chi connectivity index (χ2n) is 7.54. The first-order valence-corrected chi connectivity index (χ1v) is 10.5. The number of benzene rings is 1. The molecular weight excluding hydrogens is 397 g/mol. The van der Waals surface area contributed by atoms with Gasteiger partial charge < -0.3 is 9.64 Å². The van der Waals surface area contributed by atoms with Crippen molar-refractivity contribution in [1.29, 1.82) is 0 Å². The topological polar surface area (TPSA) is 55.5 Å². The lowest BCUT2D eigenvalue weighted by atomic mass is 10.1. The Kier molecular flexibility index (Phi) is 4.87. The molecule has 6 nitrogen and oxygen atoms in total. The summed E-state index contributed by atoms with van der Waals surface area (Å²) in [7, 11) is 0. The summed E-state index contributed by atoms with van der Waals surface area (Å²) in [6.45, 7) is 2.40. The van der Waals surface area contributed by atoms with E-state index in [9.17, 15) is 0 Å². The molecule has 2 fully saturated rings. The normalized spacial score (nSPS) is 18.1. The monoisotopic (exact) mass is 417 g/mol. The summed E-state index contributed by atoms with van der Waals surface area (Å²) >= 11 is 12.0. The van der Waals surface area contributed by atoms with E-state index < -0.39 is 0 Å². The molecule has 1 saturated heterocycles. The second kappa shape index (κ2) is 7.50. The molecule has 0 atom stereocenters. The number of halogens is 2. The highest BCUT2D eigenvalue weighted by Crippen LogP contribution is 2.38. The van der Waals surface area contributed by atoms with Gasteiger partial charge in [-0.2, -0.15) is 4.52 Å². The van der Waals surface area contributed by atoms with Crippen molar-refractivity contribution in [3.63, 3.8) is 0 Å². The van der Waals surface area contributed by atoms with Crippen LogP contribution in [-0.2, 0) is 11.3 Å². The number of rotatable bonds is 5. The Morgan fingerprint density at radius 2 is 1.79 bits per heavy atom. The number of hydrogen-bond donors (Lipinski definition) is 0. The summed E-state index contributed by atoms with van der Waals surface area (Å²) in [6.07, 6.45) is 4.56. The molecule has 0 bridgehead atoms. The molecule has 28 heavy (non-hydrogen) atoms. The van der Waals surface area contributed by atoms with Crippen molar-refractivity contribution in [2.45, 2.75) is 44.3 Å². The Balaban J connectivity index is 1.20. The zero-order chi connectivity index (χ0) is 19.1. The maximum atomic E-state index is 6.09. The van der Waals surface area contributed by atoms with Gasteiger partial charge in [0.2, 0.25) is 0 Å². The van der Waals surface area contributed by atoms with E-state index in [-0.39, 0.29) is 6.10 Å². The van der Waals surface area contributed by atoms with E-state index in [2.05, 4.69) is 15.1 Å². The third-order valence-corrected chi connectivity index (χ3v) is 6.19. The number of hydrogen-bond acceptors (Lipinski definition) is 5. The summed E-state index contributed by atoms with van der Waals surface area (Å²) in [5.74, 6) is 2.51. The summed E-state index contributed by atoms with van der Waals surface area (Å²) in [5.41, 5.74) is 1.87. The van der Waals surface area contributed by atoms with Crippen molar-refractivity contribution in [2.75, 3.05) is 18.0 Å². The molecule has 0 spiro atoms. The SMILES string of the molecule is Clc1ccc(COC2CCN(c3ccc4nnc(C5CC5)n4n3)CC2)cc1Cl. The van der Waals surface area contributed by atoms with Gasteiger partial charge in [-0.25, -0.2) is 0 Å². The van der Waals surface area contributed by atoms with Crippen molar-refractivity contribution < 1.29 is 4.74 Å². The number of ether oxygens (including phenoxy) is 1. The molecule has 2 aromatic heterocycles.